The Balaban J connectivity index is 1.48. The van der Waals surface area contributed by atoms with E-state index >= 15 is 0 Å². The van der Waals surface area contributed by atoms with Crippen molar-refractivity contribution < 1.29 is 9.84 Å². The SMILES string of the molecule is COc1c(NCCNc2ccc(C(C)(C)O)cn2)cnc2c(-c3ccc(C#N)cc3)cccc12. The molecule has 0 bridgehead atoms. The average Bonchev–Trinajstić information content (AvgIpc) is 2.85. The van der Waals surface area contributed by atoms with Crippen molar-refractivity contribution in [3.63, 3.8) is 0 Å². The molecule has 7 nitrogen and oxygen atoms in total. The van der Waals surface area contributed by atoms with Crippen molar-refractivity contribution in [3.8, 4) is 22.9 Å². The number of hydrogen-bond acceptors (Lipinski definition) is 7. The van der Waals surface area contributed by atoms with E-state index in [1.165, 1.54) is 0 Å². The zero-order valence-corrected chi connectivity index (χ0v) is 19.5. The maximum Gasteiger partial charge on any atom is 0.152 e. The lowest BCUT2D eigenvalue weighted by molar-refractivity contribution is 0.0782. The van der Waals surface area contributed by atoms with Crippen molar-refractivity contribution in [2.45, 2.75) is 19.4 Å². The maximum atomic E-state index is 10.0. The van der Waals surface area contributed by atoms with Gasteiger partial charge in [0.2, 0.25) is 0 Å². The van der Waals surface area contributed by atoms with Crippen molar-refractivity contribution >= 4 is 22.4 Å². The van der Waals surface area contributed by atoms with E-state index in [1.54, 1.807) is 45.5 Å². The van der Waals surface area contributed by atoms with Crippen LogP contribution in [0.15, 0.2) is 67.0 Å². The van der Waals surface area contributed by atoms with E-state index < -0.39 is 5.60 Å². The van der Waals surface area contributed by atoms with E-state index in [1.807, 2.05) is 42.5 Å². The highest BCUT2D eigenvalue weighted by Gasteiger charge is 2.16. The Labute approximate surface area is 199 Å². The lowest BCUT2D eigenvalue weighted by Crippen LogP contribution is -2.17. The molecule has 34 heavy (non-hydrogen) atoms. The van der Waals surface area contributed by atoms with E-state index in [9.17, 15) is 5.11 Å². The van der Waals surface area contributed by atoms with Gasteiger partial charge in [-0.15, -0.1) is 0 Å². The predicted molar refractivity (Wildman–Crippen MR) is 135 cm³/mol. The quantitative estimate of drug-likeness (QED) is 0.325. The van der Waals surface area contributed by atoms with Crippen LogP contribution in [0.25, 0.3) is 22.0 Å². The largest absolute Gasteiger partial charge is 0.494 e. The number of pyridine rings is 2. The highest BCUT2D eigenvalue weighted by atomic mass is 16.5. The zero-order chi connectivity index (χ0) is 24.1. The fourth-order valence-corrected chi connectivity index (χ4v) is 3.75. The number of aliphatic hydroxyl groups is 1. The lowest BCUT2D eigenvalue weighted by atomic mass is 10.0. The molecule has 0 unspecified atom stereocenters. The highest BCUT2D eigenvalue weighted by molar-refractivity contribution is 5.99. The molecule has 2 aromatic heterocycles. The maximum absolute atomic E-state index is 10.0. The molecule has 4 aromatic rings. The summed E-state index contributed by atoms with van der Waals surface area (Å²) in [6.07, 6.45) is 3.46. The molecule has 0 aliphatic heterocycles. The van der Waals surface area contributed by atoms with Crippen LogP contribution in [0.4, 0.5) is 11.5 Å². The van der Waals surface area contributed by atoms with Gasteiger partial charge in [-0.25, -0.2) is 4.98 Å². The number of anilines is 2. The van der Waals surface area contributed by atoms with Crippen molar-refractivity contribution in [2.75, 3.05) is 30.8 Å². The van der Waals surface area contributed by atoms with Gasteiger partial charge in [0.1, 0.15) is 5.82 Å². The van der Waals surface area contributed by atoms with Crippen molar-refractivity contribution in [3.05, 3.63) is 78.1 Å². The van der Waals surface area contributed by atoms with E-state index in [0.29, 0.717) is 18.7 Å². The molecule has 0 fully saturated rings. The van der Waals surface area contributed by atoms with Crippen LogP contribution < -0.4 is 15.4 Å². The van der Waals surface area contributed by atoms with Crippen molar-refractivity contribution in [2.24, 2.45) is 0 Å². The molecule has 0 saturated carbocycles. The van der Waals surface area contributed by atoms with Gasteiger partial charge in [-0.3, -0.25) is 4.98 Å². The summed E-state index contributed by atoms with van der Waals surface area (Å²) in [5, 5.41) is 26.7. The number of para-hydroxylation sites is 1. The Morgan fingerprint density at radius 1 is 0.971 bits per heavy atom. The summed E-state index contributed by atoms with van der Waals surface area (Å²) < 4.78 is 5.74. The molecular formula is C27H27N5O2. The number of nitriles is 1. The molecule has 0 atom stereocenters. The standard InChI is InChI=1S/C27H27N5O2/c1-27(2,33)20-11-12-24(31-16-20)30-14-13-29-23-17-32-25-21(5-4-6-22(25)26(23)34-3)19-9-7-18(15-28)8-10-19/h4-12,16-17,29,33H,13-14H2,1-3H3,(H,30,31). The third-order valence-electron chi connectivity index (χ3n) is 5.59. The summed E-state index contributed by atoms with van der Waals surface area (Å²) in [5.41, 5.74) is 4.10. The zero-order valence-electron chi connectivity index (χ0n) is 19.5. The normalized spacial score (nSPS) is 11.1. The minimum atomic E-state index is -0.910. The summed E-state index contributed by atoms with van der Waals surface area (Å²) in [4.78, 5) is 9.07. The summed E-state index contributed by atoms with van der Waals surface area (Å²) in [6, 6.07) is 19.3. The second-order valence-electron chi connectivity index (χ2n) is 8.44. The smallest absolute Gasteiger partial charge is 0.152 e. The molecule has 3 N–H and O–H groups in total. The van der Waals surface area contributed by atoms with Gasteiger partial charge in [0.15, 0.2) is 5.75 Å². The van der Waals surface area contributed by atoms with Gasteiger partial charge in [0.05, 0.1) is 41.7 Å². The number of aromatic nitrogens is 2. The molecule has 172 valence electrons. The minimum absolute atomic E-state index is 0.623. The topological polar surface area (TPSA) is 103 Å². The van der Waals surface area contributed by atoms with Gasteiger partial charge in [-0.05, 0) is 43.7 Å². The van der Waals surface area contributed by atoms with Crippen molar-refractivity contribution in [1.29, 1.82) is 5.26 Å². The van der Waals surface area contributed by atoms with E-state index in [0.717, 1.165) is 44.8 Å². The first-order valence-corrected chi connectivity index (χ1v) is 11.0. The third-order valence-corrected chi connectivity index (χ3v) is 5.59. The number of benzene rings is 2. The number of hydrogen-bond donors (Lipinski definition) is 3. The van der Waals surface area contributed by atoms with Gasteiger partial charge in [-0.1, -0.05) is 30.3 Å². The second kappa shape index (κ2) is 9.77. The monoisotopic (exact) mass is 453 g/mol. The number of nitrogens with one attached hydrogen (secondary N) is 2. The lowest BCUT2D eigenvalue weighted by Gasteiger charge is -2.17. The van der Waals surface area contributed by atoms with Crippen LogP contribution in [0.5, 0.6) is 5.75 Å². The van der Waals surface area contributed by atoms with Crippen LogP contribution in [0.1, 0.15) is 25.0 Å². The fourth-order valence-electron chi connectivity index (χ4n) is 3.75. The van der Waals surface area contributed by atoms with Gasteiger partial charge in [0, 0.05) is 35.8 Å². The number of rotatable bonds is 8. The summed E-state index contributed by atoms with van der Waals surface area (Å²) in [6.45, 7) is 4.74. The Morgan fingerprint density at radius 2 is 1.74 bits per heavy atom. The molecule has 0 radical (unpaired) electrons. The fraction of sp³-hybridized carbons (Fsp3) is 0.222. The van der Waals surface area contributed by atoms with E-state index in [2.05, 4.69) is 21.7 Å². The highest BCUT2D eigenvalue weighted by Crippen LogP contribution is 2.36. The third kappa shape index (κ3) is 4.92. The van der Waals surface area contributed by atoms with Gasteiger partial charge in [-0.2, -0.15) is 5.26 Å². The number of fused-ring (bicyclic) bond motifs is 1. The average molecular weight is 454 g/mol. The Kier molecular flexibility index (Phi) is 6.62. The summed E-state index contributed by atoms with van der Waals surface area (Å²) >= 11 is 0. The minimum Gasteiger partial charge on any atom is -0.494 e. The molecule has 0 amide bonds. The molecule has 2 aromatic carbocycles. The molecule has 0 saturated heterocycles. The van der Waals surface area contributed by atoms with Crippen LogP contribution in [0.3, 0.4) is 0 Å². The van der Waals surface area contributed by atoms with Crippen LogP contribution in [0.2, 0.25) is 0 Å². The van der Waals surface area contributed by atoms with Crippen LogP contribution in [-0.2, 0) is 5.60 Å². The predicted octanol–water partition coefficient (Wildman–Crippen LogP) is 4.93. The molecule has 4 rings (SSSR count). The summed E-state index contributed by atoms with van der Waals surface area (Å²) in [5.74, 6) is 1.47. The van der Waals surface area contributed by atoms with Gasteiger partial charge >= 0.3 is 0 Å². The van der Waals surface area contributed by atoms with E-state index in [-0.39, 0.29) is 0 Å². The molecule has 0 aliphatic rings. The van der Waals surface area contributed by atoms with Gasteiger partial charge in [0.25, 0.3) is 0 Å². The van der Waals surface area contributed by atoms with Crippen LogP contribution >= 0.6 is 0 Å². The number of ether oxygens (including phenoxy) is 1. The Bertz CT molecular complexity index is 1320. The number of methoxy groups -OCH3 is 1. The molecule has 0 spiro atoms. The van der Waals surface area contributed by atoms with Crippen LogP contribution in [0, 0.1) is 11.3 Å². The molecule has 2 heterocycles. The van der Waals surface area contributed by atoms with E-state index in [4.69, 9.17) is 15.0 Å². The first kappa shape index (κ1) is 23.0. The number of nitrogens with zero attached hydrogens (tertiary/aromatic N) is 3. The van der Waals surface area contributed by atoms with Gasteiger partial charge < -0.3 is 20.5 Å². The molecule has 0 aliphatic carbocycles. The first-order chi connectivity index (χ1) is 16.4. The Hall–Kier alpha value is -4.15. The Morgan fingerprint density at radius 3 is 2.38 bits per heavy atom. The molecular weight excluding hydrogens is 426 g/mol. The molecule has 7 heteroatoms. The van der Waals surface area contributed by atoms with Crippen LogP contribution in [-0.4, -0.2) is 35.3 Å². The second-order valence-corrected chi connectivity index (χ2v) is 8.44. The summed E-state index contributed by atoms with van der Waals surface area (Å²) in [7, 11) is 1.65. The van der Waals surface area contributed by atoms with Crippen molar-refractivity contribution in [1.82, 2.24) is 9.97 Å². The first-order valence-electron chi connectivity index (χ1n) is 11.0.